The summed E-state index contributed by atoms with van der Waals surface area (Å²) in [6.07, 6.45) is 5.32. The summed E-state index contributed by atoms with van der Waals surface area (Å²) in [4.78, 5) is 18.3. The van der Waals surface area contributed by atoms with Gasteiger partial charge in [-0.25, -0.2) is 4.39 Å². The zero-order valence-corrected chi connectivity index (χ0v) is 14.2. The monoisotopic (exact) mass is 348 g/mol. The normalized spacial score (nSPS) is 19.5. The maximum Gasteiger partial charge on any atom is 0.263 e. The molecule has 2 heterocycles. The number of pyridine rings is 1. The van der Waals surface area contributed by atoms with E-state index in [1.807, 2.05) is 36.4 Å². The highest BCUT2D eigenvalue weighted by atomic mass is 19.1. The molecule has 0 saturated heterocycles. The molecule has 1 aliphatic rings. The Labute approximate surface area is 150 Å². The predicted octanol–water partition coefficient (Wildman–Crippen LogP) is 3.64. The SMILES string of the molecule is CN1C(=O)[C@](O)(C/C=C/c2cnc3ccccc3c2)c2cc(F)ccc21. The van der Waals surface area contributed by atoms with E-state index >= 15 is 0 Å². The minimum atomic E-state index is -1.76. The number of amides is 1. The number of hydrogen-bond acceptors (Lipinski definition) is 3. The maximum atomic E-state index is 13.6. The van der Waals surface area contributed by atoms with Crippen LogP contribution in [-0.2, 0) is 10.4 Å². The Morgan fingerprint density at radius 1 is 1.23 bits per heavy atom. The molecule has 2 aromatic carbocycles. The van der Waals surface area contributed by atoms with Crippen molar-refractivity contribution in [1.82, 2.24) is 4.98 Å². The van der Waals surface area contributed by atoms with Crippen LogP contribution in [0, 0.1) is 5.82 Å². The molecule has 0 spiro atoms. The quantitative estimate of drug-likeness (QED) is 0.786. The van der Waals surface area contributed by atoms with Gasteiger partial charge in [-0.15, -0.1) is 0 Å². The lowest BCUT2D eigenvalue weighted by Crippen LogP contribution is -2.38. The summed E-state index contributed by atoms with van der Waals surface area (Å²) in [6, 6.07) is 13.8. The lowest BCUT2D eigenvalue weighted by molar-refractivity contribution is -0.135. The Morgan fingerprint density at radius 3 is 2.88 bits per heavy atom. The van der Waals surface area contributed by atoms with Crippen LogP contribution in [0.25, 0.3) is 17.0 Å². The third-order valence-electron chi connectivity index (χ3n) is 4.76. The Morgan fingerprint density at radius 2 is 2.04 bits per heavy atom. The smallest absolute Gasteiger partial charge is 0.263 e. The van der Waals surface area contributed by atoms with Gasteiger partial charge in [0.15, 0.2) is 5.60 Å². The molecule has 0 aliphatic carbocycles. The van der Waals surface area contributed by atoms with Gasteiger partial charge in [-0.05, 0) is 35.9 Å². The number of carbonyl (C=O) groups excluding carboxylic acids is 1. The van der Waals surface area contributed by atoms with E-state index in [-0.39, 0.29) is 6.42 Å². The third-order valence-corrected chi connectivity index (χ3v) is 4.76. The second kappa shape index (κ2) is 6.04. The van der Waals surface area contributed by atoms with Crippen LogP contribution in [0.1, 0.15) is 17.5 Å². The van der Waals surface area contributed by atoms with Crippen LogP contribution in [0.4, 0.5) is 10.1 Å². The summed E-state index contributed by atoms with van der Waals surface area (Å²) in [5.74, 6) is -0.938. The molecular weight excluding hydrogens is 331 g/mol. The van der Waals surface area contributed by atoms with E-state index in [1.165, 1.54) is 23.1 Å². The van der Waals surface area contributed by atoms with Gasteiger partial charge in [-0.3, -0.25) is 9.78 Å². The number of aromatic nitrogens is 1. The number of likely N-dealkylation sites (N-methyl/N-ethyl adjacent to an activating group) is 1. The molecule has 26 heavy (non-hydrogen) atoms. The van der Waals surface area contributed by atoms with Gasteiger partial charge in [0, 0.05) is 30.6 Å². The highest BCUT2D eigenvalue weighted by Crippen LogP contribution is 2.42. The van der Waals surface area contributed by atoms with Crippen molar-refractivity contribution >= 4 is 28.6 Å². The summed E-state index contributed by atoms with van der Waals surface area (Å²) in [5, 5.41) is 11.9. The Balaban J connectivity index is 1.63. The summed E-state index contributed by atoms with van der Waals surface area (Å²) < 4.78 is 13.6. The fourth-order valence-electron chi connectivity index (χ4n) is 3.38. The number of carbonyl (C=O) groups is 1. The van der Waals surface area contributed by atoms with Gasteiger partial charge in [0.25, 0.3) is 5.91 Å². The fourth-order valence-corrected chi connectivity index (χ4v) is 3.38. The van der Waals surface area contributed by atoms with Gasteiger partial charge >= 0.3 is 0 Å². The van der Waals surface area contributed by atoms with Crippen LogP contribution < -0.4 is 4.90 Å². The molecule has 5 heteroatoms. The van der Waals surface area contributed by atoms with E-state index in [0.29, 0.717) is 11.3 Å². The van der Waals surface area contributed by atoms with Gasteiger partial charge in [0.1, 0.15) is 5.82 Å². The Hall–Kier alpha value is -3.05. The molecule has 1 aromatic heterocycles. The summed E-state index contributed by atoms with van der Waals surface area (Å²) in [7, 11) is 1.58. The number of fused-ring (bicyclic) bond motifs is 2. The molecule has 1 N–H and O–H groups in total. The molecule has 1 amide bonds. The van der Waals surface area contributed by atoms with Gasteiger partial charge in [0.2, 0.25) is 0 Å². The van der Waals surface area contributed by atoms with E-state index in [4.69, 9.17) is 0 Å². The number of para-hydroxylation sites is 1. The number of benzene rings is 2. The van der Waals surface area contributed by atoms with Crippen molar-refractivity contribution in [2.24, 2.45) is 0 Å². The van der Waals surface area contributed by atoms with Crippen molar-refractivity contribution in [2.75, 3.05) is 11.9 Å². The number of nitrogens with zero attached hydrogens (tertiary/aromatic N) is 2. The van der Waals surface area contributed by atoms with Crippen LogP contribution >= 0.6 is 0 Å². The van der Waals surface area contributed by atoms with Crippen LogP contribution in [0.5, 0.6) is 0 Å². The van der Waals surface area contributed by atoms with Crippen molar-refractivity contribution in [3.05, 3.63) is 77.7 Å². The maximum absolute atomic E-state index is 13.6. The first-order valence-electron chi connectivity index (χ1n) is 8.31. The molecule has 1 aliphatic heterocycles. The molecule has 0 radical (unpaired) electrons. The van der Waals surface area contributed by atoms with Crippen LogP contribution in [-0.4, -0.2) is 23.0 Å². The number of halogens is 1. The minimum absolute atomic E-state index is 0.0550. The first-order chi connectivity index (χ1) is 12.5. The van der Waals surface area contributed by atoms with Crippen molar-refractivity contribution in [3.63, 3.8) is 0 Å². The van der Waals surface area contributed by atoms with E-state index in [1.54, 1.807) is 19.3 Å². The summed E-state index contributed by atoms with van der Waals surface area (Å²) in [6.45, 7) is 0. The molecule has 0 bridgehead atoms. The largest absolute Gasteiger partial charge is 0.375 e. The van der Waals surface area contributed by atoms with Crippen LogP contribution in [0.3, 0.4) is 0 Å². The van der Waals surface area contributed by atoms with Gasteiger partial charge in [-0.2, -0.15) is 0 Å². The van der Waals surface area contributed by atoms with Gasteiger partial charge < -0.3 is 10.0 Å². The van der Waals surface area contributed by atoms with E-state index in [2.05, 4.69) is 4.98 Å². The topological polar surface area (TPSA) is 53.4 Å². The van der Waals surface area contributed by atoms with E-state index in [0.717, 1.165) is 16.5 Å². The molecule has 0 saturated carbocycles. The zero-order chi connectivity index (χ0) is 18.3. The summed E-state index contributed by atoms with van der Waals surface area (Å²) >= 11 is 0. The number of anilines is 1. The van der Waals surface area contributed by atoms with Crippen LogP contribution in [0.15, 0.2) is 60.8 Å². The molecule has 130 valence electrons. The lowest BCUT2D eigenvalue weighted by atomic mass is 9.91. The van der Waals surface area contributed by atoms with Gasteiger partial charge in [-0.1, -0.05) is 30.4 Å². The average molecular weight is 348 g/mol. The second-order valence-electron chi connectivity index (χ2n) is 6.45. The second-order valence-corrected chi connectivity index (χ2v) is 6.45. The molecule has 4 nitrogen and oxygen atoms in total. The first-order valence-corrected chi connectivity index (χ1v) is 8.31. The lowest BCUT2D eigenvalue weighted by Gasteiger charge is -2.20. The van der Waals surface area contributed by atoms with Crippen LogP contribution in [0.2, 0.25) is 0 Å². The molecule has 0 fully saturated rings. The van der Waals surface area contributed by atoms with Gasteiger partial charge in [0.05, 0.1) is 11.2 Å². The number of hydrogen-bond donors (Lipinski definition) is 1. The average Bonchev–Trinajstić information content (AvgIpc) is 2.83. The molecule has 3 aromatic rings. The van der Waals surface area contributed by atoms with Crippen molar-refractivity contribution in [1.29, 1.82) is 0 Å². The number of aliphatic hydroxyl groups is 1. The van der Waals surface area contributed by atoms with E-state index < -0.39 is 17.3 Å². The van der Waals surface area contributed by atoms with Crippen molar-refractivity contribution < 1.29 is 14.3 Å². The first kappa shape index (κ1) is 16.4. The third kappa shape index (κ3) is 2.57. The Kier molecular flexibility index (Phi) is 3.81. The standard InChI is InChI=1S/C21H17FN2O2/c1-24-19-9-8-16(22)12-17(19)21(26,20(24)25)10-4-5-14-11-15-6-2-3-7-18(15)23-13-14/h2-9,11-13,26H,10H2,1H3/b5-4+/t21-/m0/s1. The van der Waals surface area contributed by atoms with Crippen molar-refractivity contribution in [2.45, 2.75) is 12.0 Å². The number of rotatable bonds is 3. The highest BCUT2D eigenvalue weighted by Gasteiger charge is 2.47. The highest BCUT2D eigenvalue weighted by molar-refractivity contribution is 6.06. The fraction of sp³-hybridized carbons (Fsp3) is 0.143. The molecule has 0 unspecified atom stereocenters. The van der Waals surface area contributed by atoms with Crippen molar-refractivity contribution in [3.8, 4) is 0 Å². The molecule has 1 atom stereocenters. The molecule has 4 rings (SSSR count). The predicted molar refractivity (Wildman–Crippen MR) is 99.1 cm³/mol. The molecular formula is C21H17FN2O2. The van der Waals surface area contributed by atoms with E-state index in [9.17, 15) is 14.3 Å². The Bertz CT molecular complexity index is 1050. The zero-order valence-electron chi connectivity index (χ0n) is 14.2. The minimum Gasteiger partial charge on any atom is -0.375 e. The summed E-state index contributed by atoms with van der Waals surface area (Å²) in [5.41, 5.74) is 0.837.